The summed E-state index contributed by atoms with van der Waals surface area (Å²) in [5, 5.41) is 9.00. The Morgan fingerprint density at radius 2 is 2.15 bits per heavy atom. The van der Waals surface area contributed by atoms with E-state index in [0.717, 1.165) is 28.4 Å². The van der Waals surface area contributed by atoms with Crippen LogP contribution in [-0.2, 0) is 4.79 Å². The molecule has 0 spiro atoms. The number of carboxylic acids is 1. The summed E-state index contributed by atoms with van der Waals surface area (Å²) in [6.07, 6.45) is 2.76. The molecular weight excluding hydrogens is 369 g/mol. The standard InChI is InChI=1S/C15H18INO3/c1-10-5-4-7-12(14(10)16)15(20)17-8-3-2-6-11(17)9-13(18)19/h4-5,7,11H,2-3,6,8-9H2,1H3,(H,18,19). The maximum Gasteiger partial charge on any atom is 0.305 e. The summed E-state index contributed by atoms with van der Waals surface area (Å²) in [5.74, 6) is -0.877. The minimum atomic E-state index is -0.839. The van der Waals surface area contributed by atoms with E-state index in [0.29, 0.717) is 12.1 Å². The van der Waals surface area contributed by atoms with Crippen molar-refractivity contribution in [3.8, 4) is 0 Å². The molecule has 2 rings (SSSR count). The highest BCUT2D eigenvalue weighted by Crippen LogP contribution is 2.25. The van der Waals surface area contributed by atoms with Gasteiger partial charge in [-0.15, -0.1) is 0 Å². The van der Waals surface area contributed by atoms with Gasteiger partial charge in [0.05, 0.1) is 12.0 Å². The fourth-order valence-electron chi connectivity index (χ4n) is 2.65. The highest BCUT2D eigenvalue weighted by Gasteiger charge is 2.30. The molecule has 1 aliphatic rings. The molecule has 1 heterocycles. The number of nitrogens with zero attached hydrogens (tertiary/aromatic N) is 1. The molecule has 0 saturated carbocycles. The van der Waals surface area contributed by atoms with Crippen molar-refractivity contribution in [1.29, 1.82) is 0 Å². The topological polar surface area (TPSA) is 57.6 Å². The van der Waals surface area contributed by atoms with Crippen LogP contribution in [-0.4, -0.2) is 34.5 Å². The number of aliphatic carboxylic acids is 1. The lowest BCUT2D eigenvalue weighted by atomic mass is 9.98. The van der Waals surface area contributed by atoms with Crippen molar-refractivity contribution in [3.63, 3.8) is 0 Å². The Morgan fingerprint density at radius 1 is 1.40 bits per heavy atom. The van der Waals surface area contributed by atoms with Gasteiger partial charge in [0.25, 0.3) is 5.91 Å². The number of amides is 1. The van der Waals surface area contributed by atoms with Crippen LogP contribution in [0.3, 0.4) is 0 Å². The van der Waals surface area contributed by atoms with Gasteiger partial charge in [-0.25, -0.2) is 0 Å². The lowest BCUT2D eigenvalue weighted by molar-refractivity contribution is -0.138. The molecular formula is C15H18INO3. The number of benzene rings is 1. The zero-order valence-corrected chi connectivity index (χ0v) is 13.6. The molecule has 5 heteroatoms. The molecule has 1 aliphatic heterocycles. The number of piperidine rings is 1. The molecule has 0 radical (unpaired) electrons. The van der Waals surface area contributed by atoms with Gasteiger partial charge < -0.3 is 10.0 Å². The number of likely N-dealkylation sites (tertiary alicyclic amines) is 1. The predicted octanol–water partition coefficient (Wildman–Crippen LogP) is 3.07. The maximum absolute atomic E-state index is 12.7. The van der Waals surface area contributed by atoms with E-state index in [-0.39, 0.29) is 18.4 Å². The van der Waals surface area contributed by atoms with Crippen LogP contribution in [0.25, 0.3) is 0 Å². The maximum atomic E-state index is 12.7. The summed E-state index contributed by atoms with van der Waals surface area (Å²) in [7, 11) is 0. The third-order valence-electron chi connectivity index (χ3n) is 3.72. The molecule has 0 bridgehead atoms. The summed E-state index contributed by atoms with van der Waals surface area (Å²) in [5.41, 5.74) is 1.76. The van der Waals surface area contributed by atoms with E-state index in [4.69, 9.17) is 5.11 Å². The van der Waals surface area contributed by atoms with E-state index in [9.17, 15) is 9.59 Å². The summed E-state index contributed by atoms with van der Waals surface area (Å²) in [4.78, 5) is 25.4. The second kappa shape index (κ2) is 6.56. The number of carbonyl (C=O) groups is 2. The van der Waals surface area contributed by atoms with Crippen molar-refractivity contribution in [1.82, 2.24) is 4.90 Å². The van der Waals surface area contributed by atoms with E-state index in [1.54, 1.807) is 4.90 Å². The second-order valence-electron chi connectivity index (χ2n) is 5.18. The molecule has 108 valence electrons. The minimum Gasteiger partial charge on any atom is -0.481 e. The Labute approximate surface area is 132 Å². The molecule has 1 N–H and O–H groups in total. The first-order chi connectivity index (χ1) is 9.50. The van der Waals surface area contributed by atoms with Crippen LogP contribution in [0.5, 0.6) is 0 Å². The van der Waals surface area contributed by atoms with Gasteiger partial charge in [-0.3, -0.25) is 9.59 Å². The number of halogens is 1. The number of carbonyl (C=O) groups excluding carboxylic acids is 1. The normalized spacial score (nSPS) is 18.9. The molecule has 0 aromatic heterocycles. The van der Waals surface area contributed by atoms with Crippen LogP contribution in [0.1, 0.15) is 41.6 Å². The molecule has 1 saturated heterocycles. The number of aryl methyl sites for hydroxylation is 1. The minimum absolute atomic E-state index is 0.0358. The fraction of sp³-hybridized carbons (Fsp3) is 0.467. The number of hydrogen-bond acceptors (Lipinski definition) is 2. The van der Waals surface area contributed by atoms with Gasteiger partial charge >= 0.3 is 5.97 Å². The van der Waals surface area contributed by atoms with Gasteiger partial charge in [0.2, 0.25) is 0 Å². The molecule has 1 aromatic rings. The molecule has 1 aromatic carbocycles. The molecule has 0 aliphatic carbocycles. The van der Waals surface area contributed by atoms with Crippen LogP contribution in [0.15, 0.2) is 18.2 Å². The molecule has 4 nitrogen and oxygen atoms in total. The van der Waals surface area contributed by atoms with Crippen LogP contribution >= 0.6 is 22.6 Å². The van der Waals surface area contributed by atoms with Gasteiger partial charge in [-0.1, -0.05) is 12.1 Å². The SMILES string of the molecule is Cc1cccc(C(=O)N2CCCCC2CC(=O)O)c1I. The summed E-state index contributed by atoms with van der Waals surface area (Å²) >= 11 is 2.18. The second-order valence-corrected chi connectivity index (χ2v) is 6.26. The van der Waals surface area contributed by atoms with E-state index in [2.05, 4.69) is 22.6 Å². The Morgan fingerprint density at radius 3 is 2.85 bits per heavy atom. The number of hydrogen-bond donors (Lipinski definition) is 1. The Kier molecular flexibility index (Phi) is 5.01. The van der Waals surface area contributed by atoms with Crippen LogP contribution < -0.4 is 0 Å². The van der Waals surface area contributed by atoms with E-state index in [1.165, 1.54) is 0 Å². The average molecular weight is 387 g/mol. The number of carboxylic acid groups (broad SMARTS) is 1. The molecule has 1 fully saturated rings. The van der Waals surface area contributed by atoms with Crippen molar-refractivity contribution < 1.29 is 14.7 Å². The smallest absolute Gasteiger partial charge is 0.305 e. The molecule has 20 heavy (non-hydrogen) atoms. The molecule has 1 unspecified atom stereocenters. The summed E-state index contributed by atoms with van der Waals surface area (Å²) in [6.45, 7) is 2.63. The van der Waals surface area contributed by atoms with Crippen LogP contribution in [0.4, 0.5) is 0 Å². The first-order valence-corrected chi connectivity index (χ1v) is 7.86. The van der Waals surface area contributed by atoms with Crippen molar-refractivity contribution in [2.75, 3.05) is 6.54 Å². The number of rotatable bonds is 3. The summed E-state index contributed by atoms with van der Waals surface area (Å²) < 4.78 is 0.953. The lowest BCUT2D eigenvalue weighted by Gasteiger charge is -2.35. The van der Waals surface area contributed by atoms with Crippen molar-refractivity contribution in [3.05, 3.63) is 32.9 Å². The third-order valence-corrected chi connectivity index (χ3v) is 5.15. The molecule has 1 atom stereocenters. The first-order valence-electron chi connectivity index (χ1n) is 6.78. The van der Waals surface area contributed by atoms with Crippen molar-refractivity contribution in [2.24, 2.45) is 0 Å². The van der Waals surface area contributed by atoms with Gasteiger partial charge in [0.15, 0.2) is 0 Å². The average Bonchev–Trinajstić information content (AvgIpc) is 2.41. The van der Waals surface area contributed by atoms with Gasteiger partial charge in [0.1, 0.15) is 0 Å². The van der Waals surface area contributed by atoms with E-state index in [1.807, 2.05) is 25.1 Å². The Hall–Kier alpha value is -1.11. The fourth-order valence-corrected chi connectivity index (χ4v) is 3.24. The van der Waals surface area contributed by atoms with Crippen molar-refractivity contribution in [2.45, 2.75) is 38.6 Å². The quantitative estimate of drug-likeness (QED) is 0.812. The zero-order chi connectivity index (χ0) is 14.7. The highest BCUT2D eigenvalue weighted by molar-refractivity contribution is 14.1. The van der Waals surface area contributed by atoms with Crippen molar-refractivity contribution >= 4 is 34.5 Å². The van der Waals surface area contributed by atoms with Gasteiger partial charge in [-0.2, -0.15) is 0 Å². The lowest BCUT2D eigenvalue weighted by Crippen LogP contribution is -2.45. The third kappa shape index (κ3) is 3.31. The Bertz CT molecular complexity index is 530. The van der Waals surface area contributed by atoms with Gasteiger partial charge in [-0.05, 0) is 60.4 Å². The Balaban J connectivity index is 2.25. The largest absolute Gasteiger partial charge is 0.481 e. The summed E-state index contributed by atoms with van der Waals surface area (Å²) in [6, 6.07) is 5.50. The molecule has 1 amide bonds. The van der Waals surface area contributed by atoms with Crippen LogP contribution in [0.2, 0.25) is 0 Å². The van der Waals surface area contributed by atoms with Gasteiger partial charge in [0, 0.05) is 16.2 Å². The zero-order valence-electron chi connectivity index (χ0n) is 11.4. The highest BCUT2D eigenvalue weighted by atomic mass is 127. The predicted molar refractivity (Wildman–Crippen MR) is 84.8 cm³/mol. The monoisotopic (exact) mass is 387 g/mol. The first kappa shape index (κ1) is 15.3. The van der Waals surface area contributed by atoms with Crippen LogP contribution in [0, 0.1) is 10.5 Å². The van der Waals surface area contributed by atoms with E-state index >= 15 is 0 Å². The van der Waals surface area contributed by atoms with E-state index < -0.39 is 5.97 Å².